The Hall–Kier alpha value is -1.89. The van der Waals surface area contributed by atoms with E-state index in [2.05, 4.69) is 4.98 Å². The zero-order valence-electron chi connectivity index (χ0n) is 10.7. The van der Waals surface area contributed by atoms with E-state index in [1.165, 1.54) is 6.92 Å². The summed E-state index contributed by atoms with van der Waals surface area (Å²) in [5.41, 5.74) is 0.214. The predicted octanol–water partition coefficient (Wildman–Crippen LogP) is 0.163. The van der Waals surface area contributed by atoms with Crippen LogP contribution in [0.4, 0.5) is 0 Å². The number of hydrogen-bond donors (Lipinski definition) is 0. The predicted molar refractivity (Wildman–Crippen MR) is 62.8 cm³/mol. The lowest BCUT2D eigenvalue weighted by Gasteiger charge is -2.19. The molecule has 1 unspecified atom stereocenters. The van der Waals surface area contributed by atoms with Gasteiger partial charge in [0.15, 0.2) is 0 Å². The van der Waals surface area contributed by atoms with Gasteiger partial charge in [-0.15, -0.1) is 0 Å². The first-order chi connectivity index (χ1) is 9.04. The second-order valence-electron chi connectivity index (χ2n) is 4.74. The van der Waals surface area contributed by atoms with Crippen molar-refractivity contribution in [1.82, 2.24) is 9.55 Å². The van der Waals surface area contributed by atoms with Crippen LogP contribution in [0.25, 0.3) is 0 Å². The average Bonchev–Trinajstić information content (AvgIpc) is 2.63. The number of ether oxygens (including phenoxy) is 3. The van der Waals surface area contributed by atoms with Gasteiger partial charge in [-0.05, 0) is 6.92 Å². The summed E-state index contributed by atoms with van der Waals surface area (Å²) in [6.07, 6.45) is 1.22. The smallest absolute Gasteiger partial charge is 0.303 e. The number of esters is 1. The highest BCUT2D eigenvalue weighted by molar-refractivity contribution is 5.66. The van der Waals surface area contributed by atoms with Crippen molar-refractivity contribution in [3.8, 4) is 6.01 Å². The number of nitrogens with zero attached hydrogens (tertiary/aromatic N) is 2. The Morgan fingerprint density at radius 1 is 1.58 bits per heavy atom. The zero-order chi connectivity index (χ0) is 13.6. The van der Waals surface area contributed by atoms with Gasteiger partial charge in [-0.1, -0.05) is 0 Å². The first kappa shape index (κ1) is 12.2. The molecule has 1 aromatic rings. The highest BCUT2D eigenvalue weighted by atomic mass is 16.6. The minimum absolute atomic E-state index is 0.212. The van der Waals surface area contributed by atoms with E-state index < -0.39 is 0 Å². The van der Waals surface area contributed by atoms with Crippen molar-refractivity contribution < 1.29 is 19.0 Å². The molecule has 0 N–H and O–H groups in total. The topological polar surface area (TPSA) is 79.7 Å². The van der Waals surface area contributed by atoms with Gasteiger partial charge in [0.2, 0.25) is 0 Å². The summed E-state index contributed by atoms with van der Waals surface area (Å²) in [6.45, 7) is 3.26. The van der Waals surface area contributed by atoms with Crippen LogP contribution in [-0.2, 0) is 14.3 Å². The van der Waals surface area contributed by atoms with Crippen molar-refractivity contribution in [2.24, 2.45) is 0 Å². The van der Waals surface area contributed by atoms with E-state index in [-0.39, 0.29) is 42.6 Å². The molecule has 2 bridgehead atoms. The molecule has 0 aliphatic carbocycles. The Kier molecular flexibility index (Phi) is 2.78. The molecular weight excluding hydrogens is 252 g/mol. The van der Waals surface area contributed by atoms with Crippen LogP contribution in [0.1, 0.15) is 25.1 Å². The second kappa shape index (κ2) is 4.34. The third-order valence-corrected chi connectivity index (χ3v) is 3.27. The third kappa shape index (κ3) is 2.10. The molecule has 0 saturated carbocycles. The van der Waals surface area contributed by atoms with Crippen LogP contribution in [0.15, 0.2) is 11.0 Å². The maximum atomic E-state index is 11.5. The average molecular weight is 266 g/mol. The van der Waals surface area contributed by atoms with Crippen molar-refractivity contribution in [3.63, 3.8) is 0 Å². The Morgan fingerprint density at radius 2 is 2.37 bits per heavy atom. The molecule has 7 heteroatoms. The number of carbonyl (C=O) groups excluding carboxylic acids is 1. The number of aromatic nitrogens is 2. The molecule has 3 heterocycles. The summed E-state index contributed by atoms with van der Waals surface area (Å²) < 4.78 is 18.1. The lowest BCUT2D eigenvalue weighted by atomic mass is 10.2. The van der Waals surface area contributed by atoms with Crippen LogP contribution in [0.5, 0.6) is 6.01 Å². The van der Waals surface area contributed by atoms with Gasteiger partial charge in [-0.25, -0.2) is 0 Å². The summed E-state index contributed by atoms with van der Waals surface area (Å²) in [6, 6.07) is 0.254. The molecule has 0 amide bonds. The fraction of sp³-hybridized carbons (Fsp3) is 0.583. The summed E-state index contributed by atoms with van der Waals surface area (Å²) in [5.74, 6) is -0.339. The minimum atomic E-state index is -0.339. The molecular formula is C12H14N2O5. The molecule has 3 rings (SSSR count). The fourth-order valence-electron chi connectivity index (χ4n) is 2.38. The van der Waals surface area contributed by atoms with Gasteiger partial charge >= 0.3 is 12.0 Å². The summed E-state index contributed by atoms with van der Waals surface area (Å²) in [7, 11) is 0. The van der Waals surface area contributed by atoms with Crippen LogP contribution in [-0.4, -0.2) is 34.3 Å². The van der Waals surface area contributed by atoms with Crippen molar-refractivity contribution in [3.05, 3.63) is 22.1 Å². The third-order valence-electron chi connectivity index (χ3n) is 3.27. The molecule has 0 radical (unpaired) electrons. The first-order valence-corrected chi connectivity index (χ1v) is 6.10. The zero-order valence-corrected chi connectivity index (χ0v) is 10.7. The van der Waals surface area contributed by atoms with Gasteiger partial charge in [-0.3, -0.25) is 14.2 Å². The molecule has 2 aliphatic heterocycles. The van der Waals surface area contributed by atoms with E-state index in [4.69, 9.17) is 14.2 Å². The van der Waals surface area contributed by atoms with Gasteiger partial charge in [0.1, 0.15) is 25.0 Å². The Balaban J connectivity index is 1.93. The normalized spacial score (nSPS) is 28.2. The van der Waals surface area contributed by atoms with Crippen molar-refractivity contribution >= 4 is 5.97 Å². The Bertz CT molecular complexity index is 582. The number of carbonyl (C=O) groups is 1. The van der Waals surface area contributed by atoms with E-state index in [1.54, 1.807) is 17.7 Å². The van der Waals surface area contributed by atoms with Gasteiger partial charge < -0.3 is 14.2 Å². The standard InChI is InChI=1S/C12H14N2O5/c1-6-4-14-10-3-8(18-7(2)15)9(19-10)5-17-12(14)13-11(6)16/h4,8-10H,3,5H2,1-2H3/t8?,9-,10-/m1/s1. The highest BCUT2D eigenvalue weighted by Gasteiger charge is 2.42. The van der Waals surface area contributed by atoms with Crippen LogP contribution < -0.4 is 10.3 Å². The van der Waals surface area contributed by atoms with Crippen molar-refractivity contribution in [1.29, 1.82) is 0 Å². The molecule has 2 aliphatic rings. The molecule has 1 fully saturated rings. The number of hydrogen-bond acceptors (Lipinski definition) is 6. The highest BCUT2D eigenvalue weighted by Crippen LogP contribution is 2.35. The van der Waals surface area contributed by atoms with E-state index in [0.29, 0.717) is 12.0 Å². The molecule has 1 aromatic heterocycles. The molecule has 1 saturated heterocycles. The van der Waals surface area contributed by atoms with Crippen LogP contribution in [0.2, 0.25) is 0 Å². The monoisotopic (exact) mass is 266 g/mol. The van der Waals surface area contributed by atoms with Crippen molar-refractivity contribution in [2.45, 2.75) is 38.7 Å². The largest absolute Gasteiger partial charge is 0.462 e. The summed E-state index contributed by atoms with van der Waals surface area (Å²) in [5, 5.41) is 0. The molecule has 7 nitrogen and oxygen atoms in total. The molecule has 0 aromatic carbocycles. The summed E-state index contributed by atoms with van der Waals surface area (Å²) in [4.78, 5) is 26.4. The summed E-state index contributed by atoms with van der Waals surface area (Å²) >= 11 is 0. The molecule has 0 spiro atoms. The number of aryl methyl sites for hydroxylation is 1. The lowest BCUT2D eigenvalue weighted by Crippen LogP contribution is -2.32. The SMILES string of the molecule is CC(=O)OC1C[C@H]2O[C@@H]1COc1nc(=O)c(C)cn12. The quantitative estimate of drug-likeness (QED) is 0.674. The van der Waals surface area contributed by atoms with Crippen LogP contribution in [0, 0.1) is 6.92 Å². The number of fused-ring (bicyclic) bond motifs is 4. The van der Waals surface area contributed by atoms with Gasteiger partial charge in [0, 0.05) is 25.1 Å². The van der Waals surface area contributed by atoms with Crippen molar-refractivity contribution in [2.75, 3.05) is 6.61 Å². The molecule has 102 valence electrons. The van der Waals surface area contributed by atoms with E-state index in [0.717, 1.165) is 0 Å². The van der Waals surface area contributed by atoms with Crippen LogP contribution >= 0.6 is 0 Å². The number of rotatable bonds is 1. The van der Waals surface area contributed by atoms with Gasteiger partial charge in [0.25, 0.3) is 5.56 Å². The van der Waals surface area contributed by atoms with Crippen LogP contribution in [0.3, 0.4) is 0 Å². The lowest BCUT2D eigenvalue weighted by molar-refractivity contribution is -0.149. The first-order valence-electron chi connectivity index (χ1n) is 6.10. The van der Waals surface area contributed by atoms with E-state index in [9.17, 15) is 9.59 Å². The Morgan fingerprint density at radius 3 is 3.11 bits per heavy atom. The Labute approximate surface area is 109 Å². The fourth-order valence-corrected chi connectivity index (χ4v) is 2.38. The maximum absolute atomic E-state index is 11.5. The van der Waals surface area contributed by atoms with Gasteiger partial charge in [0.05, 0.1) is 0 Å². The van der Waals surface area contributed by atoms with Gasteiger partial charge in [-0.2, -0.15) is 4.98 Å². The van der Waals surface area contributed by atoms with E-state index >= 15 is 0 Å². The molecule has 19 heavy (non-hydrogen) atoms. The molecule has 3 atom stereocenters. The maximum Gasteiger partial charge on any atom is 0.303 e. The van der Waals surface area contributed by atoms with E-state index in [1.807, 2.05) is 0 Å². The second-order valence-corrected chi connectivity index (χ2v) is 4.74. The minimum Gasteiger partial charge on any atom is -0.462 e.